The van der Waals surface area contributed by atoms with E-state index in [4.69, 9.17) is 4.74 Å². The van der Waals surface area contributed by atoms with Crippen molar-refractivity contribution in [2.75, 3.05) is 6.61 Å². The van der Waals surface area contributed by atoms with Gasteiger partial charge in [-0.2, -0.15) is 0 Å². The normalized spacial score (nSPS) is 20.1. The van der Waals surface area contributed by atoms with E-state index in [1.165, 1.54) is 18.5 Å². The molecule has 19 heavy (non-hydrogen) atoms. The second-order valence-electron chi connectivity index (χ2n) is 6.48. The highest BCUT2D eigenvalue weighted by Gasteiger charge is 2.17. The lowest BCUT2D eigenvalue weighted by Gasteiger charge is -2.21. The molecule has 1 aromatic rings. The predicted molar refractivity (Wildman–Crippen MR) is 77.1 cm³/mol. The molecular weight excluding hydrogens is 238 g/mol. The Hall–Kier alpha value is -0.870. The number of nitrogens with one attached hydrogen (secondary N) is 1. The Labute approximate surface area is 116 Å². The van der Waals surface area contributed by atoms with Gasteiger partial charge in [-0.05, 0) is 47.0 Å². The van der Waals surface area contributed by atoms with Crippen LogP contribution in [-0.2, 0) is 17.8 Å². The van der Waals surface area contributed by atoms with Crippen molar-refractivity contribution in [2.45, 2.75) is 71.7 Å². The molecule has 1 atom stereocenters. The summed E-state index contributed by atoms with van der Waals surface area (Å²) in [6.45, 7) is 11.5. The largest absolute Gasteiger partial charge is 0.378 e. The average Bonchev–Trinajstić information content (AvgIpc) is 2.93. The molecule has 1 aliphatic heterocycles. The fourth-order valence-corrected chi connectivity index (χ4v) is 2.46. The first-order chi connectivity index (χ1) is 8.96. The third-order valence-corrected chi connectivity index (χ3v) is 3.64. The zero-order valence-corrected chi connectivity index (χ0v) is 12.7. The van der Waals surface area contributed by atoms with E-state index in [-0.39, 0.29) is 5.54 Å². The lowest BCUT2D eigenvalue weighted by Crippen LogP contribution is -2.35. The molecule has 1 aliphatic rings. The van der Waals surface area contributed by atoms with Gasteiger partial charge in [0.1, 0.15) is 5.82 Å². The van der Waals surface area contributed by atoms with Crippen molar-refractivity contribution >= 4 is 0 Å². The predicted octanol–water partition coefficient (Wildman–Crippen LogP) is 2.65. The highest BCUT2D eigenvalue weighted by molar-refractivity contribution is 5.05. The second-order valence-corrected chi connectivity index (χ2v) is 6.48. The number of rotatable bonds is 5. The van der Waals surface area contributed by atoms with Crippen LogP contribution in [0.5, 0.6) is 0 Å². The quantitative estimate of drug-likeness (QED) is 0.889. The first-order valence-corrected chi connectivity index (χ1v) is 7.33. The first-order valence-electron chi connectivity index (χ1n) is 7.33. The van der Waals surface area contributed by atoms with Crippen LogP contribution in [0.1, 0.15) is 51.6 Å². The van der Waals surface area contributed by atoms with Gasteiger partial charge < -0.3 is 14.6 Å². The molecule has 4 heteroatoms. The van der Waals surface area contributed by atoms with Gasteiger partial charge in [0.05, 0.1) is 11.8 Å². The van der Waals surface area contributed by atoms with Crippen LogP contribution in [0.4, 0.5) is 0 Å². The molecule has 0 radical (unpaired) electrons. The van der Waals surface area contributed by atoms with Gasteiger partial charge in [-0.15, -0.1) is 0 Å². The van der Waals surface area contributed by atoms with Crippen LogP contribution in [0.15, 0.2) is 6.20 Å². The summed E-state index contributed by atoms with van der Waals surface area (Å²) in [4.78, 5) is 4.44. The Morgan fingerprint density at radius 3 is 2.89 bits per heavy atom. The van der Waals surface area contributed by atoms with Crippen LogP contribution in [0.25, 0.3) is 0 Å². The van der Waals surface area contributed by atoms with Gasteiger partial charge in [0.15, 0.2) is 0 Å². The number of hydrogen-bond acceptors (Lipinski definition) is 3. The summed E-state index contributed by atoms with van der Waals surface area (Å²) in [6, 6.07) is 0. The van der Waals surface area contributed by atoms with Crippen LogP contribution in [0.2, 0.25) is 0 Å². The van der Waals surface area contributed by atoms with E-state index in [0.717, 1.165) is 31.9 Å². The minimum atomic E-state index is 0.136. The van der Waals surface area contributed by atoms with Crippen molar-refractivity contribution in [2.24, 2.45) is 0 Å². The highest BCUT2D eigenvalue weighted by Crippen LogP contribution is 2.17. The summed E-state index contributed by atoms with van der Waals surface area (Å²) in [6.07, 6.45) is 5.96. The number of aryl methyl sites for hydroxylation is 1. The maximum absolute atomic E-state index is 5.70. The monoisotopic (exact) mass is 265 g/mol. The van der Waals surface area contributed by atoms with Gasteiger partial charge in [0.2, 0.25) is 0 Å². The van der Waals surface area contributed by atoms with Gasteiger partial charge in [-0.25, -0.2) is 4.98 Å². The van der Waals surface area contributed by atoms with Crippen molar-refractivity contribution in [1.29, 1.82) is 0 Å². The zero-order chi connectivity index (χ0) is 13.9. The van der Waals surface area contributed by atoms with Crippen molar-refractivity contribution in [3.8, 4) is 0 Å². The molecular formula is C15H27N3O. The molecule has 0 spiro atoms. The van der Waals surface area contributed by atoms with Crippen molar-refractivity contribution in [3.05, 3.63) is 17.7 Å². The minimum Gasteiger partial charge on any atom is -0.378 e. The molecule has 108 valence electrons. The summed E-state index contributed by atoms with van der Waals surface area (Å²) < 4.78 is 8.02. The summed E-state index contributed by atoms with van der Waals surface area (Å²) >= 11 is 0. The van der Waals surface area contributed by atoms with E-state index in [1.54, 1.807) is 0 Å². The Bertz CT molecular complexity index is 400. The van der Waals surface area contributed by atoms with Crippen LogP contribution >= 0.6 is 0 Å². The third-order valence-electron chi connectivity index (χ3n) is 3.64. The lowest BCUT2D eigenvalue weighted by atomic mass is 10.1. The molecule has 0 bridgehead atoms. The smallest absolute Gasteiger partial charge is 0.105 e. The summed E-state index contributed by atoms with van der Waals surface area (Å²) in [5.41, 5.74) is 1.41. The van der Waals surface area contributed by atoms with Gasteiger partial charge in [0.25, 0.3) is 0 Å². The fourth-order valence-electron chi connectivity index (χ4n) is 2.46. The number of nitrogens with zero attached hydrogens (tertiary/aromatic N) is 2. The molecule has 2 heterocycles. The van der Waals surface area contributed by atoms with Gasteiger partial charge in [-0.3, -0.25) is 0 Å². The van der Waals surface area contributed by atoms with Crippen LogP contribution in [0.3, 0.4) is 0 Å². The van der Waals surface area contributed by atoms with E-state index < -0.39 is 0 Å². The molecule has 1 saturated heterocycles. The average molecular weight is 265 g/mol. The lowest BCUT2D eigenvalue weighted by molar-refractivity contribution is 0.0999. The van der Waals surface area contributed by atoms with Gasteiger partial charge in [-0.1, -0.05) is 0 Å². The molecule has 0 saturated carbocycles. The molecule has 0 amide bonds. The van der Waals surface area contributed by atoms with Crippen molar-refractivity contribution < 1.29 is 4.74 Å². The number of hydrogen-bond donors (Lipinski definition) is 1. The maximum atomic E-state index is 5.70. The van der Waals surface area contributed by atoms with Crippen LogP contribution in [0, 0.1) is 6.92 Å². The molecule has 4 nitrogen and oxygen atoms in total. The second kappa shape index (κ2) is 6.06. The van der Waals surface area contributed by atoms with E-state index in [2.05, 4.69) is 42.6 Å². The van der Waals surface area contributed by atoms with Gasteiger partial charge >= 0.3 is 0 Å². The number of ether oxygens (including phenoxy) is 1. The fraction of sp³-hybridized carbons (Fsp3) is 0.800. The molecule has 0 aromatic carbocycles. The van der Waals surface area contributed by atoms with E-state index in [1.807, 2.05) is 6.20 Å². The molecule has 1 fully saturated rings. The SMILES string of the molecule is Cc1ncc(CNC(C)(C)C)n1CCC1CCCO1. The molecule has 2 rings (SSSR count). The first kappa shape index (κ1) is 14.5. The Kier molecular flexibility index (Phi) is 4.63. The van der Waals surface area contributed by atoms with Crippen LogP contribution in [-0.4, -0.2) is 27.8 Å². The standard InChI is InChI=1S/C15H27N3O/c1-12-16-10-13(11-17-15(2,3)4)18(12)8-7-14-6-5-9-19-14/h10,14,17H,5-9,11H2,1-4H3. The molecule has 1 N–H and O–H groups in total. The summed E-state index contributed by atoms with van der Waals surface area (Å²) in [5, 5.41) is 3.53. The maximum Gasteiger partial charge on any atom is 0.105 e. The van der Waals surface area contributed by atoms with Crippen LogP contribution < -0.4 is 5.32 Å². The highest BCUT2D eigenvalue weighted by atomic mass is 16.5. The zero-order valence-electron chi connectivity index (χ0n) is 12.7. The van der Waals surface area contributed by atoms with Crippen molar-refractivity contribution in [3.63, 3.8) is 0 Å². The Morgan fingerprint density at radius 2 is 2.26 bits per heavy atom. The molecule has 0 aliphatic carbocycles. The number of imidazole rings is 1. The molecule has 1 aromatic heterocycles. The van der Waals surface area contributed by atoms with Gasteiger partial charge in [0, 0.05) is 31.4 Å². The summed E-state index contributed by atoms with van der Waals surface area (Å²) in [7, 11) is 0. The summed E-state index contributed by atoms with van der Waals surface area (Å²) in [5.74, 6) is 1.10. The number of aromatic nitrogens is 2. The minimum absolute atomic E-state index is 0.136. The van der Waals surface area contributed by atoms with E-state index in [9.17, 15) is 0 Å². The Morgan fingerprint density at radius 1 is 1.47 bits per heavy atom. The molecule has 1 unspecified atom stereocenters. The third kappa shape index (κ3) is 4.32. The van der Waals surface area contributed by atoms with E-state index >= 15 is 0 Å². The van der Waals surface area contributed by atoms with E-state index in [0.29, 0.717) is 6.10 Å². The van der Waals surface area contributed by atoms with Crippen molar-refractivity contribution in [1.82, 2.24) is 14.9 Å². The Balaban J connectivity index is 1.92. The topological polar surface area (TPSA) is 39.1 Å².